The van der Waals surface area contributed by atoms with Crippen molar-refractivity contribution in [2.45, 2.75) is 11.4 Å². The lowest BCUT2D eigenvalue weighted by Gasteiger charge is -2.11. The first kappa shape index (κ1) is 15.8. The molecule has 0 amide bonds. The second-order valence-corrected chi connectivity index (χ2v) is 7.24. The van der Waals surface area contributed by atoms with E-state index in [-0.39, 0.29) is 4.90 Å². The third-order valence-corrected chi connectivity index (χ3v) is 4.94. The number of nitrogen functional groups attached to an aromatic ring is 1. The Morgan fingerprint density at radius 1 is 1.14 bits per heavy atom. The molecule has 0 atom stereocenters. The van der Waals surface area contributed by atoms with Crippen molar-refractivity contribution in [2.75, 3.05) is 18.1 Å². The van der Waals surface area contributed by atoms with Crippen molar-refractivity contribution in [3.63, 3.8) is 0 Å². The molecule has 0 aliphatic carbocycles. The van der Waals surface area contributed by atoms with Gasteiger partial charge in [-0.05, 0) is 42.9 Å². The fraction of sp³-hybridized carbons (Fsp3) is 0.143. The van der Waals surface area contributed by atoms with Gasteiger partial charge in [-0.1, -0.05) is 28.1 Å². The first-order chi connectivity index (χ1) is 9.92. The van der Waals surface area contributed by atoms with Crippen LogP contribution in [0.4, 0.5) is 11.4 Å². The van der Waals surface area contributed by atoms with Crippen LogP contribution >= 0.6 is 15.9 Å². The SMILES string of the molecule is CNS(=O)(=O)c1ccc(N)c(NCc2ccc(Br)cc2)c1. The molecule has 2 aromatic carbocycles. The summed E-state index contributed by atoms with van der Waals surface area (Å²) >= 11 is 3.38. The summed E-state index contributed by atoms with van der Waals surface area (Å²) in [6, 6.07) is 12.4. The van der Waals surface area contributed by atoms with Gasteiger partial charge in [0.05, 0.1) is 16.3 Å². The zero-order valence-electron chi connectivity index (χ0n) is 11.4. The van der Waals surface area contributed by atoms with Crippen LogP contribution in [0, 0.1) is 0 Å². The number of halogens is 1. The molecule has 5 nitrogen and oxygen atoms in total. The summed E-state index contributed by atoms with van der Waals surface area (Å²) in [6.45, 7) is 0.556. The zero-order valence-corrected chi connectivity index (χ0v) is 13.8. The predicted molar refractivity (Wildman–Crippen MR) is 88.6 cm³/mol. The molecule has 2 aromatic rings. The van der Waals surface area contributed by atoms with E-state index in [1.807, 2.05) is 24.3 Å². The second-order valence-electron chi connectivity index (χ2n) is 4.44. The van der Waals surface area contributed by atoms with Crippen LogP contribution in [0.3, 0.4) is 0 Å². The number of hydrogen-bond acceptors (Lipinski definition) is 4. The van der Waals surface area contributed by atoms with Crippen molar-refractivity contribution in [1.29, 1.82) is 0 Å². The van der Waals surface area contributed by atoms with Gasteiger partial charge in [-0.2, -0.15) is 0 Å². The van der Waals surface area contributed by atoms with Crippen molar-refractivity contribution in [3.05, 3.63) is 52.5 Å². The number of hydrogen-bond donors (Lipinski definition) is 3. The quantitative estimate of drug-likeness (QED) is 0.707. The minimum absolute atomic E-state index is 0.178. The number of nitrogens with one attached hydrogen (secondary N) is 2. The average Bonchev–Trinajstić information content (AvgIpc) is 2.48. The maximum Gasteiger partial charge on any atom is 0.240 e. The van der Waals surface area contributed by atoms with Crippen molar-refractivity contribution in [1.82, 2.24) is 4.72 Å². The van der Waals surface area contributed by atoms with Crippen LogP contribution in [-0.4, -0.2) is 15.5 Å². The summed E-state index contributed by atoms with van der Waals surface area (Å²) < 4.78 is 26.9. The van der Waals surface area contributed by atoms with Crippen LogP contribution in [0.25, 0.3) is 0 Å². The Balaban J connectivity index is 2.20. The van der Waals surface area contributed by atoms with Gasteiger partial charge in [0.15, 0.2) is 0 Å². The smallest absolute Gasteiger partial charge is 0.240 e. The number of rotatable bonds is 5. The molecule has 0 aliphatic rings. The first-order valence-corrected chi connectivity index (χ1v) is 8.51. The zero-order chi connectivity index (χ0) is 15.5. The lowest BCUT2D eigenvalue weighted by Crippen LogP contribution is -2.18. The number of benzene rings is 2. The molecule has 0 spiro atoms. The predicted octanol–water partition coefficient (Wildman–Crippen LogP) is 2.55. The third kappa shape index (κ3) is 3.96. The fourth-order valence-corrected chi connectivity index (χ4v) is 2.79. The summed E-state index contributed by atoms with van der Waals surface area (Å²) in [5.74, 6) is 0. The minimum atomic E-state index is -3.48. The summed E-state index contributed by atoms with van der Waals surface area (Å²) in [4.78, 5) is 0.178. The van der Waals surface area contributed by atoms with E-state index in [1.54, 1.807) is 6.07 Å². The third-order valence-electron chi connectivity index (χ3n) is 3.00. The summed E-state index contributed by atoms with van der Waals surface area (Å²) in [6.07, 6.45) is 0. The number of nitrogens with two attached hydrogens (primary N) is 1. The topological polar surface area (TPSA) is 84.2 Å². The Morgan fingerprint density at radius 3 is 2.43 bits per heavy atom. The van der Waals surface area contributed by atoms with Crippen LogP contribution in [0.2, 0.25) is 0 Å². The van der Waals surface area contributed by atoms with Gasteiger partial charge in [0.1, 0.15) is 0 Å². The van der Waals surface area contributed by atoms with E-state index >= 15 is 0 Å². The van der Waals surface area contributed by atoms with Crippen LogP contribution < -0.4 is 15.8 Å². The van der Waals surface area contributed by atoms with Crippen molar-refractivity contribution in [2.24, 2.45) is 0 Å². The molecule has 0 unspecified atom stereocenters. The largest absolute Gasteiger partial charge is 0.397 e. The molecule has 0 aliphatic heterocycles. The molecule has 112 valence electrons. The molecule has 2 rings (SSSR count). The molecule has 0 bridgehead atoms. The monoisotopic (exact) mass is 369 g/mol. The Kier molecular flexibility index (Phi) is 4.87. The van der Waals surface area contributed by atoms with Crippen LogP contribution in [-0.2, 0) is 16.6 Å². The first-order valence-electron chi connectivity index (χ1n) is 6.24. The molecular weight excluding hydrogens is 354 g/mol. The van der Waals surface area contributed by atoms with E-state index in [1.165, 1.54) is 19.2 Å². The molecule has 7 heteroatoms. The molecule has 0 heterocycles. The molecule has 21 heavy (non-hydrogen) atoms. The number of anilines is 2. The highest BCUT2D eigenvalue weighted by atomic mass is 79.9. The highest BCUT2D eigenvalue weighted by molar-refractivity contribution is 9.10. The summed E-state index contributed by atoms with van der Waals surface area (Å²) in [5, 5.41) is 3.15. The van der Waals surface area contributed by atoms with Crippen LogP contribution in [0.15, 0.2) is 51.8 Å². The summed E-state index contributed by atoms with van der Waals surface area (Å²) in [5.41, 5.74) is 8.04. The van der Waals surface area contributed by atoms with Crippen molar-refractivity contribution < 1.29 is 8.42 Å². The van der Waals surface area contributed by atoms with Crippen LogP contribution in [0.5, 0.6) is 0 Å². The van der Waals surface area contributed by atoms with Gasteiger partial charge in [-0.15, -0.1) is 0 Å². The Labute approximate surface area is 132 Å². The summed E-state index contributed by atoms with van der Waals surface area (Å²) in [7, 11) is -2.10. The lowest BCUT2D eigenvalue weighted by atomic mass is 10.2. The number of sulfonamides is 1. The van der Waals surface area contributed by atoms with Crippen molar-refractivity contribution >= 4 is 37.3 Å². The van der Waals surface area contributed by atoms with E-state index in [0.717, 1.165) is 10.0 Å². The lowest BCUT2D eigenvalue weighted by molar-refractivity contribution is 0.588. The van der Waals surface area contributed by atoms with Crippen molar-refractivity contribution in [3.8, 4) is 0 Å². The standard InChI is InChI=1S/C14H16BrN3O2S/c1-17-21(19,20)12-6-7-13(16)14(8-12)18-9-10-2-4-11(15)5-3-10/h2-8,17-18H,9,16H2,1H3. The van der Waals surface area contributed by atoms with E-state index in [4.69, 9.17) is 5.73 Å². The van der Waals surface area contributed by atoms with Gasteiger partial charge < -0.3 is 11.1 Å². The second kappa shape index (κ2) is 6.46. The molecule has 4 N–H and O–H groups in total. The van der Waals surface area contributed by atoms with Crippen LogP contribution in [0.1, 0.15) is 5.56 Å². The normalized spacial score (nSPS) is 11.3. The maximum absolute atomic E-state index is 11.8. The highest BCUT2D eigenvalue weighted by Crippen LogP contribution is 2.23. The molecular formula is C14H16BrN3O2S. The molecule has 0 saturated carbocycles. The Hall–Kier alpha value is -1.57. The Morgan fingerprint density at radius 2 is 1.81 bits per heavy atom. The van der Waals surface area contributed by atoms with E-state index in [2.05, 4.69) is 26.0 Å². The van der Waals surface area contributed by atoms with Gasteiger partial charge in [-0.3, -0.25) is 0 Å². The molecule has 0 aromatic heterocycles. The van der Waals surface area contributed by atoms with E-state index in [0.29, 0.717) is 17.9 Å². The minimum Gasteiger partial charge on any atom is -0.397 e. The fourth-order valence-electron chi connectivity index (χ4n) is 1.77. The average molecular weight is 370 g/mol. The van der Waals surface area contributed by atoms with Gasteiger partial charge in [0.2, 0.25) is 10.0 Å². The Bertz CT molecular complexity index is 730. The van der Waals surface area contributed by atoms with Gasteiger partial charge >= 0.3 is 0 Å². The highest BCUT2D eigenvalue weighted by Gasteiger charge is 2.13. The van der Waals surface area contributed by atoms with Gasteiger partial charge in [-0.25, -0.2) is 13.1 Å². The molecule has 0 fully saturated rings. The van der Waals surface area contributed by atoms with Gasteiger partial charge in [0, 0.05) is 11.0 Å². The van der Waals surface area contributed by atoms with E-state index < -0.39 is 10.0 Å². The molecule has 0 saturated heterocycles. The molecule has 0 radical (unpaired) electrons. The maximum atomic E-state index is 11.8. The van der Waals surface area contributed by atoms with E-state index in [9.17, 15) is 8.42 Å². The van der Waals surface area contributed by atoms with Gasteiger partial charge in [0.25, 0.3) is 0 Å².